The first-order valence-electron chi connectivity index (χ1n) is 14.2. The molecule has 4 atom stereocenters. The summed E-state index contributed by atoms with van der Waals surface area (Å²) in [5.41, 5.74) is 14.8. The number of rotatable bonds is 14. The van der Waals surface area contributed by atoms with Crippen molar-refractivity contribution in [2.24, 2.45) is 17.4 Å². The Labute approximate surface area is 253 Å². The highest BCUT2D eigenvalue weighted by Gasteiger charge is 2.33. The standard InChI is InChI=1S/C31H37N7O6/c1-16(2)27(30(42)37-25(31(43)44)13-26(33)39)38-29(41)24(12-18-15-35-23-10-6-4-8-20(18)23)36-28(40)21(32)11-17-14-34-22-9-5-3-7-19(17)22/h3-10,14-16,21,24-25,27,34-35H,11-13,32H2,1-2H3,(H2,33,39)(H,36,40)(H,37,42)(H,38,41)(H,43,44). The van der Waals surface area contributed by atoms with Crippen LogP contribution in [0.2, 0.25) is 0 Å². The maximum Gasteiger partial charge on any atom is 0.326 e. The zero-order chi connectivity index (χ0) is 32.0. The molecular weight excluding hydrogens is 566 g/mol. The molecule has 0 bridgehead atoms. The van der Waals surface area contributed by atoms with Gasteiger partial charge in [-0.3, -0.25) is 19.2 Å². The number of benzene rings is 2. The minimum atomic E-state index is -1.57. The fourth-order valence-electron chi connectivity index (χ4n) is 5.09. The Kier molecular flexibility index (Phi) is 10.0. The zero-order valence-corrected chi connectivity index (χ0v) is 24.4. The van der Waals surface area contributed by atoms with Gasteiger partial charge in [0.1, 0.15) is 18.1 Å². The van der Waals surface area contributed by atoms with Crippen LogP contribution in [0.3, 0.4) is 0 Å². The highest BCUT2D eigenvalue weighted by molar-refractivity contribution is 5.96. The van der Waals surface area contributed by atoms with Crippen molar-refractivity contribution in [3.63, 3.8) is 0 Å². The second-order valence-corrected chi connectivity index (χ2v) is 11.1. The second-order valence-electron chi connectivity index (χ2n) is 11.1. The number of aliphatic carboxylic acids is 1. The molecule has 4 amide bonds. The molecule has 13 heteroatoms. The van der Waals surface area contributed by atoms with Crippen LogP contribution in [0.1, 0.15) is 31.4 Å². The molecule has 4 aromatic rings. The molecule has 4 unspecified atom stereocenters. The van der Waals surface area contributed by atoms with Crippen molar-refractivity contribution in [3.8, 4) is 0 Å². The van der Waals surface area contributed by atoms with Crippen molar-refractivity contribution in [1.29, 1.82) is 0 Å². The van der Waals surface area contributed by atoms with Crippen molar-refractivity contribution in [3.05, 3.63) is 72.1 Å². The van der Waals surface area contributed by atoms with E-state index in [4.69, 9.17) is 11.5 Å². The smallest absolute Gasteiger partial charge is 0.326 e. The molecule has 0 radical (unpaired) electrons. The lowest BCUT2D eigenvalue weighted by Gasteiger charge is -2.27. The van der Waals surface area contributed by atoms with Gasteiger partial charge in [-0.25, -0.2) is 4.79 Å². The highest BCUT2D eigenvalue weighted by atomic mass is 16.4. The van der Waals surface area contributed by atoms with E-state index in [0.717, 1.165) is 32.9 Å². The van der Waals surface area contributed by atoms with Crippen molar-refractivity contribution in [1.82, 2.24) is 25.9 Å². The van der Waals surface area contributed by atoms with E-state index < -0.39 is 66.1 Å². The van der Waals surface area contributed by atoms with Gasteiger partial charge in [-0.2, -0.15) is 0 Å². The van der Waals surface area contributed by atoms with E-state index in [1.54, 1.807) is 26.2 Å². The number of nitrogens with one attached hydrogen (secondary N) is 5. The summed E-state index contributed by atoms with van der Waals surface area (Å²) in [7, 11) is 0. The molecule has 10 N–H and O–H groups in total. The molecule has 0 aliphatic heterocycles. The molecule has 0 aliphatic carbocycles. The van der Waals surface area contributed by atoms with Crippen LogP contribution >= 0.6 is 0 Å². The Balaban J connectivity index is 1.54. The molecule has 2 aromatic heterocycles. The summed E-state index contributed by atoms with van der Waals surface area (Å²) in [5.74, 6) is -4.87. The molecule has 0 saturated carbocycles. The molecule has 13 nitrogen and oxygen atoms in total. The Bertz CT molecular complexity index is 1680. The number of aromatic amines is 2. The third kappa shape index (κ3) is 7.61. The molecule has 0 spiro atoms. The number of nitrogens with two attached hydrogens (primary N) is 2. The summed E-state index contributed by atoms with van der Waals surface area (Å²) in [6.45, 7) is 3.33. The van der Waals surface area contributed by atoms with E-state index in [9.17, 15) is 29.1 Å². The molecule has 2 heterocycles. The first-order chi connectivity index (χ1) is 20.9. The van der Waals surface area contributed by atoms with Crippen molar-refractivity contribution >= 4 is 51.4 Å². The summed E-state index contributed by atoms with van der Waals surface area (Å²) in [6, 6.07) is 10.3. The first kappa shape index (κ1) is 31.8. The van der Waals surface area contributed by atoms with E-state index in [1.807, 2.05) is 48.5 Å². The van der Waals surface area contributed by atoms with Crippen molar-refractivity contribution in [2.45, 2.75) is 57.3 Å². The van der Waals surface area contributed by atoms with Gasteiger partial charge in [0.05, 0.1) is 12.5 Å². The number of hydrogen-bond acceptors (Lipinski definition) is 6. The van der Waals surface area contributed by atoms with Crippen LogP contribution < -0.4 is 27.4 Å². The topological polar surface area (TPSA) is 225 Å². The SMILES string of the molecule is CC(C)C(NC(=O)C(Cc1c[nH]c2ccccc12)NC(=O)C(N)Cc1c[nH]c2ccccc12)C(=O)NC(CC(N)=O)C(=O)O. The largest absolute Gasteiger partial charge is 0.480 e. The third-order valence-electron chi connectivity index (χ3n) is 7.45. The van der Waals surface area contributed by atoms with E-state index in [1.165, 1.54) is 0 Å². The van der Waals surface area contributed by atoms with Crippen LogP contribution in [0.4, 0.5) is 0 Å². The number of carboxylic acid groups (broad SMARTS) is 1. The number of H-pyrrole nitrogens is 2. The Morgan fingerprint density at radius 3 is 1.80 bits per heavy atom. The van der Waals surface area contributed by atoms with Crippen LogP contribution in [-0.4, -0.2) is 68.8 Å². The highest BCUT2D eigenvalue weighted by Crippen LogP contribution is 2.21. The number of carbonyl (C=O) groups is 5. The average Bonchev–Trinajstić information content (AvgIpc) is 3.58. The summed E-state index contributed by atoms with van der Waals surface area (Å²) in [4.78, 5) is 69.4. The zero-order valence-electron chi connectivity index (χ0n) is 24.4. The summed E-state index contributed by atoms with van der Waals surface area (Å²) in [5, 5.41) is 18.9. The van der Waals surface area contributed by atoms with Gasteiger partial charge in [0.25, 0.3) is 0 Å². The van der Waals surface area contributed by atoms with Gasteiger partial charge in [-0.15, -0.1) is 0 Å². The van der Waals surface area contributed by atoms with Crippen LogP contribution in [0.5, 0.6) is 0 Å². The average molecular weight is 604 g/mol. The summed E-state index contributed by atoms with van der Waals surface area (Å²) < 4.78 is 0. The minimum Gasteiger partial charge on any atom is -0.480 e. The Morgan fingerprint density at radius 1 is 0.750 bits per heavy atom. The molecular formula is C31H37N7O6. The second kappa shape index (κ2) is 13.9. The molecule has 0 saturated heterocycles. The first-order valence-corrected chi connectivity index (χ1v) is 14.2. The summed E-state index contributed by atoms with van der Waals surface area (Å²) >= 11 is 0. The molecule has 2 aromatic carbocycles. The molecule has 0 aliphatic rings. The van der Waals surface area contributed by atoms with Crippen LogP contribution in [0.15, 0.2) is 60.9 Å². The monoisotopic (exact) mass is 603 g/mol. The fourth-order valence-corrected chi connectivity index (χ4v) is 5.09. The fraction of sp³-hybridized carbons (Fsp3) is 0.323. The molecule has 232 valence electrons. The van der Waals surface area contributed by atoms with E-state index in [0.29, 0.717) is 0 Å². The van der Waals surface area contributed by atoms with E-state index in [-0.39, 0.29) is 12.8 Å². The predicted octanol–water partition coefficient (Wildman–Crippen LogP) is 0.832. The number of aromatic nitrogens is 2. The lowest BCUT2D eigenvalue weighted by atomic mass is 9.99. The minimum absolute atomic E-state index is 0.0766. The maximum absolute atomic E-state index is 13.7. The quantitative estimate of drug-likeness (QED) is 0.103. The van der Waals surface area contributed by atoms with E-state index in [2.05, 4.69) is 25.9 Å². The van der Waals surface area contributed by atoms with Gasteiger partial charge < -0.3 is 42.5 Å². The van der Waals surface area contributed by atoms with Gasteiger partial charge in [0.2, 0.25) is 23.6 Å². The predicted molar refractivity (Wildman–Crippen MR) is 164 cm³/mol. The van der Waals surface area contributed by atoms with Crippen molar-refractivity contribution < 1.29 is 29.1 Å². The van der Waals surface area contributed by atoms with Gasteiger partial charge in [-0.05, 0) is 35.6 Å². The number of hydrogen-bond donors (Lipinski definition) is 8. The van der Waals surface area contributed by atoms with Crippen LogP contribution in [0.25, 0.3) is 21.8 Å². The van der Waals surface area contributed by atoms with Crippen molar-refractivity contribution in [2.75, 3.05) is 0 Å². The number of fused-ring (bicyclic) bond motifs is 2. The lowest BCUT2D eigenvalue weighted by Crippen LogP contribution is -2.59. The van der Waals surface area contributed by atoms with Gasteiger partial charge >= 0.3 is 5.97 Å². The number of amides is 4. The number of carbonyl (C=O) groups excluding carboxylic acids is 4. The number of para-hydroxylation sites is 2. The number of primary amides is 1. The number of carboxylic acids is 1. The molecule has 44 heavy (non-hydrogen) atoms. The summed E-state index contributed by atoms with van der Waals surface area (Å²) in [6.07, 6.45) is 3.21. The van der Waals surface area contributed by atoms with E-state index >= 15 is 0 Å². The molecule has 4 rings (SSSR count). The lowest BCUT2D eigenvalue weighted by molar-refractivity contribution is -0.144. The van der Waals surface area contributed by atoms with Gasteiger partial charge in [0.15, 0.2) is 0 Å². The maximum atomic E-state index is 13.7. The third-order valence-corrected chi connectivity index (χ3v) is 7.45. The van der Waals surface area contributed by atoms with Crippen LogP contribution in [-0.2, 0) is 36.8 Å². The van der Waals surface area contributed by atoms with Gasteiger partial charge in [-0.1, -0.05) is 50.2 Å². The Hall–Kier alpha value is -5.17. The Morgan fingerprint density at radius 2 is 1.27 bits per heavy atom. The normalized spacial score (nSPS) is 14.1. The molecule has 0 fully saturated rings. The van der Waals surface area contributed by atoms with Crippen LogP contribution in [0, 0.1) is 5.92 Å². The van der Waals surface area contributed by atoms with Gasteiger partial charge in [0, 0.05) is 40.6 Å².